The molecule has 0 saturated heterocycles. The van der Waals surface area contributed by atoms with E-state index in [0.717, 1.165) is 41.9 Å². The Bertz CT molecular complexity index is 662. The first kappa shape index (κ1) is 13.7. The van der Waals surface area contributed by atoms with E-state index in [-0.39, 0.29) is 5.91 Å². The van der Waals surface area contributed by atoms with Crippen molar-refractivity contribution in [3.8, 4) is 0 Å². The van der Waals surface area contributed by atoms with Crippen molar-refractivity contribution >= 4 is 17.3 Å². The normalized spacial score (nSPS) is 14.9. The van der Waals surface area contributed by atoms with E-state index in [1.165, 1.54) is 0 Å². The SMILES string of the molecule is CCn1cc(CN2C(=O)CCCc3cc(N)ccc32)cn1. The van der Waals surface area contributed by atoms with Crippen LogP contribution in [-0.4, -0.2) is 15.7 Å². The summed E-state index contributed by atoms with van der Waals surface area (Å²) in [5, 5.41) is 4.28. The standard InChI is InChI=1S/C16H20N4O/c1-2-19-10-12(9-18-19)11-20-15-7-6-14(17)8-13(15)4-3-5-16(20)21/h6-10H,2-5,11,17H2,1H3. The van der Waals surface area contributed by atoms with Crippen LogP contribution in [0.3, 0.4) is 0 Å². The van der Waals surface area contributed by atoms with E-state index in [4.69, 9.17) is 5.73 Å². The summed E-state index contributed by atoms with van der Waals surface area (Å²) in [6, 6.07) is 5.80. The van der Waals surface area contributed by atoms with Gasteiger partial charge in [-0.2, -0.15) is 5.10 Å². The molecular weight excluding hydrogens is 264 g/mol. The number of nitrogens with zero attached hydrogens (tertiary/aromatic N) is 3. The third-order valence-electron chi connectivity index (χ3n) is 3.88. The lowest BCUT2D eigenvalue weighted by molar-refractivity contribution is -0.118. The molecule has 0 saturated carbocycles. The molecule has 0 bridgehead atoms. The topological polar surface area (TPSA) is 64.2 Å². The fraction of sp³-hybridized carbons (Fsp3) is 0.375. The number of carbonyl (C=O) groups excluding carboxylic acids is 1. The highest BCUT2D eigenvalue weighted by Gasteiger charge is 2.22. The van der Waals surface area contributed by atoms with Crippen molar-refractivity contribution in [3.63, 3.8) is 0 Å². The van der Waals surface area contributed by atoms with Gasteiger partial charge in [-0.15, -0.1) is 0 Å². The minimum Gasteiger partial charge on any atom is -0.399 e. The van der Waals surface area contributed by atoms with Crippen LogP contribution in [-0.2, 0) is 24.3 Å². The van der Waals surface area contributed by atoms with Crippen LogP contribution in [0, 0.1) is 0 Å². The van der Waals surface area contributed by atoms with Crippen LogP contribution in [0.25, 0.3) is 0 Å². The number of anilines is 2. The van der Waals surface area contributed by atoms with Crippen molar-refractivity contribution in [2.45, 2.75) is 39.3 Å². The zero-order valence-electron chi connectivity index (χ0n) is 12.2. The number of benzene rings is 1. The molecule has 1 amide bonds. The highest BCUT2D eigenvalue weighted by Crippen LogP contribution is 2.30. The Morgan fingerprint density at radius 1 is 1.33 bits per heavy atom. The summed E-state index contributed by atoms with van der Waals surface area (Å²) in [4.78, 5) is 14.3. The number of nitrogens with two attached hydrogens (primary N) is 1. The van der Waals surface area contributed by atoms with Crippen LogP contribution in [0.2, 0.25) is 0 Å². The second-order valence-electron chi connectivity index (χ2n) is 5.43. The molecule has 21 heavy (non-hydrogen) atoms. The first-order valence-electron chi connectivity index (χ1n) is 7.37. The minimum absolute atomic E-state index is 0.169. The van der Waals surface area contributed by atoms with Crippen LogP contribution < -0.4 is 10.6 Å². The van der Waals surface area contributed by atoms with Crippen molar-refractivity contribution in [3.05, 3.63) is 41.7 Å². The summed E-state index contributed by atoms with van der Waals surface area (Å²) in [5.74, 6) is 0.169. The molecule has 0 radical (unpaired) electrons. The number of nitrogen functional groups attached to an aromatic ring is 1. The summed E-state index contributed by atoms with van der Waals surface area (Å²) in [7, 11) is 0. The number of amides is 1. The first-order chi connectivity index (χ1) is 10.2. The number of carbonyl (C=O) groups is 1. The van der Waals surface area contributed by atoms with Crippen LogP contribution in [0.4, 0.5) is 11.4 Å². The molecule has 1 aromatic carbocycles. The third-order valence-corrected chi connectivity index (χ3v) is 3.88. The van der Waals surface area contributed by atoms with E-state index in [2.05, 4.69) is 5.10 Å². The van der Waals surface area contributed by atoms with E-state index in [1.54, 1.807) is 0 Å². The van der Waals surface area contributed by atoms with E-state index in [0.29, 0.717) is 13.0 Å². The Morgan fingerprint density at radius 2 is 2.19 bits per heavy atom. The van der Waals surface area contributed by atoms with Gasteiger partial charge < -0.3 is 10.6 Å². The van der Waals surface area contributed by atoms with Gasteiger partial charge in [-0.25, -0.2) is 0 Å². The lowest BCUT2D eigenvalue weighted by atomic mass is 10.1. The van der Waals surface area contributed by atoms with Crippen LogP contribution >= 0.6 is 0 Å². The highest BCUT2D eigenvalue weighted by atomic mass is 16.2. The van der Waals surface area contributed by atoms with Crippen LogP contribution in [0.15, 0.2) is 30.6 Å². The summed E-state index contributed by atoms with van der Waals surface area (Å²) in [6.45, 7) is 3.45. The van der Waals surface area contributed by atoms with Crippen molar-refractivity contribution in [2.24, 2.45) is 0 Å². The molecule has 0 fully saturated rings. The summed E-state index contributed by atoms with van der Waals surface area (Å²) in [6.07, 6.45) is 6.18. The lowest BCUT2D eigenvalue weighted by Gasteiger charge is -2.22. The molecule has 2 heterocycles. The molecule has 5 heteroatoms. The molecule has 1 aliphatic rings. The minimum atomic E-state index is 0.169. The zero-order valence-corrected chi connectivity index (χ0v) is 12.2. The van der Waals surface area contributed by atoms with Gasteiger partial charge in [0.2, 0.25) is 5.91 Å². The van der Waals surface area contributed by atoms with E-state index < -0.39 is 0 Å². The fourth-order valence-electron chi connectivity index (χ4n) is 2.79. The number of aromatic nitrogens is 2. The molecule has 2 aromatic rings. The average Bonchev–Trinajstić information content (AvgIpc) is 2.87. The quantitative estimate of drug-likeness (QED) is 0.880. The summed E-state index contributed by atoms with van der Waals surface area (Å²) >= 11 is 0. The zero-order chi connectivity index (χ0) is 14.8. The Labute approximate surface area is 124 Å². The predicted octanol–water partition coefficient (Wildman–Crippen LogP) is 2.35. The largest absolute Gasteiger partial charge is 0.399 e. The molecule has 0 unspecified atom stereocenters. The maximum absolute atomic E-state index is 12.4. The molecule has 1 aliphatic heterocycles. The summed E-state index contributed by atoms with van der Waals surface area (Å²) < 4.78 is 1.88. The molecular formula is C16H20N4O. The number of aryl methyl sites for hydroxylation is 2. The van der Waals surface area contributed by atoms with Gasteiger partial charge >= 0.3 is 0 Å². The molecule has 5 nitrogen and oxygen atoms in total. The van der Waals surface area contributed by atoms with Gasteiger partial charge in [-0.05, 0) is 43.5 Å². The van der Waals surface area contributed by atoms with E-state index >= 15 is 0 Å². The summed E-state index contributed by atoms with van der Waals surface area (Å²) in [5.41, 5.74) is 9.81. The van der Waals surface area contributed by atoms with E-state index in [9.17, 15) is 4.79 Å². The number of fused-ring (bicyclic) bond motifs is 1. The van der Waals surface area contributed by atoms with Crippen molar-refractivity contribution in [1.82, 2.24) is 9.78 Å². The number of rotatable bonds is 3. The number of hydrogen-bond donors (Lipinski definition) is 1. The average molecular weight is 284 g/mol. The van der Waals surface area contributed by atoms with Gasteiger partial charge in [-0.1, -0.05) is 0 Å². The first-order valence-corrected chi connectivity index (χ1v) is 7.37. The highest BCUT2D eigenvalue weighted by molar-refractivity contribution is 5.95. The van der Waals surface area contributed by atoms with Crippen molar-refractivity contribution in [1.29, 1.82) is 0 Å². The van der Waals surface area contributed by atoms with Crippen LogP contribution in [0.5, 0.6) is 0 Å². The maximum atomic E-state index is 12.4. The van der Waals surface area contributed by atoms with Gasteiger partial charge in [0.25, 0.3) is 0 Å². The van der Waals surface area contributed by atoms with Crippen LogP contribution in [0.1, 0.15) is 30.9 Å². The van der Waals surface area contributed by atoms with Crippen molar-refractivity contribution < 1.29 is 4.79 Å². The van der Waals surface area contributed by atoms with Crippen molar-refractivity contribution in [2.75, 3.05) is 10.6 Å². The van der Waals surface area contributed by atoms with Gasteiger partial charge in [0.05, 0.1) is 12.7 Å². The van der Waals surface area contributed by atoms with E-state index in [1.807, 2.05) is 47.1 Å². The second kappa shape index (κ2) is 5.60. The molecule has 3 rings (SSSR count). The fourth-order valence-corrected chi connectivity index (χ4v) is 2.79. The van der Waals surface area contributed by atoms with Gasteiger partial charge in [0.1, 0.15) is 0 Å². The van der Waals surface area contributed by atoms with Gasteiger partial charge in [0, 0.05) is 36.1 Å². The lowest BCUT2D eigenvalue weighted by Crippen LogP contribution is -2.29. The monoisotopic (exact) mass is 284 g/mol. The Balaban J connectivity index is 1.93. The molecule has 110 valence electrons. The molecule has 2 N–H and O–H groups in total. The Hall–Kier alpha value is -2.30. The Morgan fingerprint density at radius 3 is 2.95 bits per heavy atom. The maximum Gasteiger partial charge on any atom is 0.227 e. The second-order valence-corrected chi connectivity index (χ2v) is 5.43. The smallest absolute Gasteiger partial charge is 0.227 e. The van der Waals surface area contributed by atoms with Gasteiger partial charge in [0.15, 0.2) is 0 Å². The molecule has 0 spiro atoms. The molecule has 0 aliphatic carbocycles. The third kappa shape index (κ3) is 2.77. The number of hydrogen-bond acceptors (Lipinski definition) is 3. The van der Waals surface area contributed by atoms with Gasteiger partial charge in [-0.3, -0.25) is 9.48 Å². The molecule has 0 atom stereocenters. The predicted molar refractivity (Wildman–Crippen MR) is 82.9 cm³/mol. The molecule has 1 aromatic heterocycles. The Kier molecular flexibility index (Phi) is 3.64.